The highest BCUT2D eigenvalue weighted by Gasteiger charge is 2.15. The molecule has 98 valence electrons. The third-order valence-corrected chi connectivity index (χ3v) is 4.43. The van der Waals surface area contributed by atoms with Crippen LogP contribution in [0.3, 0.4) is 0 Å². The number of nitrogens with zero attached hydrogens (tertiary/aromatic N) is 1. The minimum atomic E-state index is -0.191. The first kappa shape index (κ1) is 14.1. The van der Waals surface area contributed by atoms with Gasteiger partial charge in [0.05, 0.1) is 15.4 Å². The number of hydrogen-bond acceptors (Lipinski definition) is 4. The molecule has 2 rings (SSSR count). The van der Waals surface area contributed by atoms with Gasteiger partial charge in [0.2, 0.25) is 0 Å². The van der Waals surface area contributed by atoms with E-state index >= 15 is 0 Å². The van der Waals surface area contributed by atoms with Gasteiger partial charge in [0.15, 0.2) is 0 Å². The molecule has 0 saturated carbocycles. The van der Waals surface area contributed by atoms with Crippen molar-refractivity contribution in [3.8, 4) is 11.8 Å². The van der Waals surface area contributed by atoms with Gasteiger partial charge in [0.1, 0.15) is 11.9 Å². The molecule has 0 aliphatic heterocycles. The lowest BCUT2D eigenvalue weighted by atomic mass is 10.1. The van der Waals surface area contributed by atoms with E-state index in [4.69, 9.17) is 15.7 Å². The molecular formula is C14H13BrN2OS. The third-order valence-electron chi connectivity index (χ3n) is 2.71. The summed E-state index contributed by atoms with van der Waals surface area (Å²) in [4.78, 5) is 1.07. The summed E-state index contributed by atoms with van der Waals surface area (Å²) in [5.41, 5.74) is 7.36. The molecule has 0 spiro atoms. The molecule has 1 heterocycles. The Kier molecular flexibility index (Phi) is 4.59. The second-order valence-corrected chi connectivity index (χ2v) is 6.57. The fourth-order valence-electron chi connectivity index (χ4n) is 1.67. The lowest BCUT2D eigenvalue weighted by Gasteiger charge is -2.17. The Morgan fingerprint density at radius 1 is 1.42 bits per heavy atom. The molecule has 3 nitrogen and oxygen atoms in total. The first-order valence-corrected chi connectivity index (χ1v) is 7.37. The van der Waals surface area contributed by atoms with Gasteiger partial charge in [-0.2, -0.15) is 5.26 Å². The van der Waals surface area contributed by atoms with E-state index in [-0.39, 0.29) is 6.10 Å². The van der Waals surface area contributed by atoms with Crippen molar-refractivity contribution < 1.29 is 4.74 Å². The highest BCUT2D eigenvalue weighted by molar-refractivity contribution is 9.11. The van der Waals surface area contributed by atoms with Crippen molar-refractivity contribution in [1.82, 2.24) is 0 Å². The standard InChI is InChI=1S/C14H13BrN2OS/c1-9-2-3-10(7-16)6-11(9)18-12(8-17)13-4-5-14(15)19-13/h2-6,12H,8,17H2,1H3. The summed E-state index contributed by atoms with van der Waals surface area (Å²) in [6.45, 7) is 2.34. The molecule has 1 unspecified atom stereocenters. The minimum absolute atomic E-state index is 0.191. The molecule has 2 aromatic rings. The Hall–Kier alpha value is -1.35. The summed E-state index contributed by atoms with van der Waals surface area (Å²) >= 11 is 5.03. The number of nitriles is 1. The molecule has 0 saturated heterocycles. The van der Waals surface area contributed by atoms with Crippen LogP contribution in [0.1, 0.15) is 22.1 Å². The molecule has 0 radical (unpaired) electrons. The number of benzene rings is 1. The number of aryl methyl sites for hydroxylation is 1. The highest BCUT2D eigenvalue weighted by Crippen LogP contribution is 2.31. The van der Waals surface area contributed by atoms with E-state index in [1.165, 1.54) is 0 Å². The van der Waals surface area contributed by atoms with Crippen LogP contribution >= 0.6 is 27.3 Å². The van der Waals surface area contributed by atoms with E-state index in [1.807, 2.05) is 25.1 Å². The molecule has 0 fully saturated rings. The normalized spacial score (nSPS) is 11.9. The van der Waals surface area contributed by atoms with Gasteiger partial charge in [0.25, 0.3) is 0 Å². The van der Waals surface area contributed by atoms with Gasteiger partial charge >= 0.3 is 0 Å². The van der Waals surface area contributed by atoms with E-state index in [9.17, 15) is 0 Å². The zero-order chi connectivity index (χ0) is 13.8. The first-order valence-electron chi connectivity index (χ1n) is 5.76. The molecule has 0 aliphatic carbocycles. The molecule has 2 N–H and O–H groups in total. The molecule has 1 aromatic carbocycles. The van der Waals surface area contributed by atoms with E-state index < -0.39 is 0 Å². The zero-order valence-corrected chi connectivity index (χ0v) is 12.8. The topological polar surface area (TPSA) is 59.0 Å². The second kappa shape index (κ2) is 6.20. The molecular weight excluding hydrogens is 324 g/mol. The van der Waals surface area contributed by atoms with Crippen LogP contribution < -0.4 is 10.5 Å². The molecule has 5 heteroatoms. The van der Waals surface area contributed by atoms with Gasteiger partial charge in [-0.25, -0.2) is 0 Å². The summed E-state index contributed by atoms with van der Waals surface area (Å²) < 4.78 is 7.00. The molecule has 0 bridgehead atoms. The maximum atomic E-state index is 8.93. The van der Waals surface area contributed by atoms with Crippen molar-refractivity contribution in [1.29, 1.82) is 5.26 Å². The van der Waals surface area contributed by atoms with E-state index in [1.54, 1.807) is 23.5 Å². The zero-order valence-electron chi connectivity index (χ0n) is 10.4. The highest BCUT2D eigenvalue weighted by atomic mass is 79.9. The summed E-state index contributed by atoms with van der Waals surface area (Å²) in [7, 11) is 0. The third kappa shape index (κ3) is 3.35. The summed E-state index contributed by atoms with van der Waals surface area (Å²) in [5, 5.41) is 8.93. The lowest BCUT2D eigenvalue weighted by Crippen LogP contribution is -2.17. The SMILES string of the molecule is Cc1ccc(C#N)cc1OC(CN)c1ccc(Br)s1. The smallest absolute Gasteiger partial charge is 0.145 e. The van der Waals surface area contributed by atoms with Crippen LogP contribution in [-0.2, 0) is 0 Å². The van der Waals surface area contributed by atoms with Crippen LogP contribution in [0, 0.1) is 18.3 Å². The van der Waals surface area contributed by atoms with Crippen LogP contribution in [0.5, 0.6) is 5.75 Å². The molecule has 0 aliphatic rings. The van der Waals surface area contributed by atoms with Crippen LogP contribution in [0.15, 0.2) is 34.1 Å². The lowest BCUT2D eigenvalue weighted by molar-refractivity contribution is 0.216. The summed E-state index contributed by atoms with van der Waals surface area (Å²) in [6, 6.07) is 11.5. The van der Waals surface area contributed by atoms with E-state index in [2.05, 4.69) is 22.0 Å². The number of thiophene rings is 1. The first-order chi connectivity index (χ1) is 9.13. The van der Waals surface area contributed by atoms with Gasteiger partial charge in [-0.3, -0.25) is 0 Å². The molecule has 1 aromatic heterocycles. The summed E-state index contributed by atoms with van der Waals surface area (Å²) in [5.74, 6) is 0.707. The van der Waals surface area contributed by atoms with Crippen molar-refractivity contribution in [3.05, 3.63) is 50.1 Å². The Morgan fingerprint density at radius 2 is 2.21 bits per heavy atom. The fraction of sp³-hybridized carbons (Fsp3) is 0.214. The predicted molar refractivity (Wildman–Crippen MR) is 80.3 cm³/mol. The molecule has 19 heavy (non-hydrogen) atoms. The van der Waals surface area contributed by atoms with Crippen molar-refractivity contribution in [2.45, 2.75) is 13.0 Å². The maximum Gasteiger partial charge on any atom is 0.145 e. The van der Waals surface area contributed by atoms with Gasteiger partial charge in [-0.1, -0.05) is 6.07 Å². The van der Waals surface area contributed by atoms with Crippen LogP contribution in [-0.4, -0.2) is 6.54 Å². The number of hydrogen-bond donors (Lipinski definition) is 1. The molecule has 1 atom stereocenters. The van der Waals surface area contributed by atoms with E-state index in [0.29, 0.717) is 17.9 Å². The number of ether oxygens (including phenoxy) is 1. The Bertz CT molecular complexity index is 618. The monoisotopic (exact) mass is 336 g/mol. The van der Waals surface area contributed by atoms with Crippen LogP contribution in [0.2, 0.25) is 0 Å². The number of nitrogens with two attached hydrogens (primary N) is 1. The van der Waals surface area contributed by atoms with Crippen molar-refractivity contribution in [2.24, 2.45) is 5.73 Å². The minimum Gasteiger partial charge on any atom is -0.483 e. The van der Waals surface area contributed by atoms with Crippen LogP contribution in [0.25, 0.3) is 0 Å². The van der Waals surface area contributed by atoms with Gasteiger partial charge in [0, 0.05) is 11.4 Å². The average molecular weight is 337 g/mol. The van der Waals surface area contributed by atoms with Gasteiger partial charge in [-0.05, 0) is 52.7 Å². The quantitative estimate of drug-likeness (QED) is 0.924. The largest absolute Gasteiger partial charge is 0.483 e. The van der Waals surface area contributed by atoms with Crippen molar-refractivity contribution >= 4 is 27.3 Å². The Balaban J connectivity index is 2.26. The van der Waals surface area contributed by atoms with Gasteiger partial charge in [-0.15, -0.1) is 11.3 Å². The Labute approximate surface area is 124 Å². The Morgan fingerprint density at radius 3 is 2.79 bits per heavy atom. The summed E-state index contributed by atoms with van der Waals surface area (Å²) in [6.07, 6.45) is -0.191. The molecule has 0 amide bonds. The van der Waals surface area contributed by atoms with Crippen molar-refractivity contribution in [3.63, 3.8) is 0 Å². The number of halogens is 1. The van der Waals surface area contributed by atoms with Crippen molar-refractivity contribution in [2.75, 3.05) is 6.54 Å². The average Bonchev–Trinajstić information content (AvgIpc) is 2.84. The van der Waals surface area contributed by atoms with Crippen LogP contribution in [0.4, 0.5) is 0 Å². The maximum absolute atomic E-state index is 8.93. The van der Waals surface area contributed by atoms with Gasteiger partial charge < -0.3 is 10.5 Å². The predicted octanol–water partition coefficient (Wildman–Crippen LogP) is 3.77. The fourth-order valence-corrected chi connectivity index (χ4v) is 3.14. The number of rotatable bonds is 4. The second-order valence-electron chi connectivity index (χ2n) is 4.08. The van der Waals surface area contributed by atoms with E-state index in [0.717, 1.165) is 14.2 Å².